The smallest absolute Gasteiger partial charge is 0.0178 e. The summed E-state index contributed by atoms with van der Waals surface area (Å²) in [6, 6.07) is 8.71. The Morgan fingerprint density at radius 3 is 2.23 bits per heavy atom. The molecule has 1 fully saturated rings. The predicted octanol–water partition coefficient (Wildman–Crippen LogP) is 2.49. The van der Waals surface area contributed by atoms with Gasteiger partial charge >= 0.3 is 0 Å². The number of rotatable bonds is 4. The third-order valence-electron chi connectivity index (χ3n) is 2.80. The molecule has 0 atom stereocenters. The lowest BCUT2D eigenvalue weighted by molar-refractivity contribution is 0.726. The highest BCUT2D eigenvalue weighted by molar-refractivity contribution is 5.22. The first kappa shape index (κ1) is 8.76. The molecule has 70 valence electrons. The molecule has 1 saturated carbocycles. The third-order valence-corrected chi connectivity index (χ3v) is 2.80. The van der Waals surface area contributed by atoms with Gasteiger partial charge in [-0.1, -0.05) is 37.1 Å². The lowest BCUT2D eigenvalue weighted by Gasteiger charge is -2.01. The Hall–Kier alpha value is -0.820. The molecule has 1 nitrogen and oxygen atoms in total. The quantitative estimate of drug-likeness (QED) is 0.747. The van der Waals surface area contributed by atoms with E-state index in [1.807, 2.05) is 0 Å². The highest BCUT2D eigenvalue weighted by Gasteiger charge is 2.20. The second-order valence-corrected chi connectivity index (χ2v) is 4.00. The average molecular weight is 175 g/mol. The molecule has 0 saturated heterocycles. The van der Waals surface area contributed by atoms with Gasteiger partial charge in [0.25, 0.3) is 0 Å². The van der Waals surface area contributed by atoms with Crippen molar-refractivity contribution in [3.63, 3.8) is 0 Å². The highest BCUT2D eigenvalue weighted by Crippen LogP contribution is 2.33. The largest absolute Gasteiger partial charge is 0.326 e. The van der Waals surface area contributed by atoms with Crippen LogP contribution in [-0.2, 0) is 13.0 Å². The van der Waals surface area contributed by atoms with Gasteiger partial charge in [0, 0.05) is 6.54 Å². The van der Waals surface area contributed by atoms with E-state index < -0.39 is 0 Å². The van der Waals surface area contributed by atoms with E-state index in [1.54, 1.807) is 0 Å². The Kier molecular flexibility index (Phi) is 2.65. The van der Waals surface area contributed by atoms with Gasteiger partial charge in [0.1, 0.15) is 0 Å². The molecule has 0 spiro atoms. The first-order chi connectivity index (χ1) is 6.38. The molecular weight excluding hydrogens is 158 g/mol. The maximum atomic E-state index is 5.53. The lowest BCUT2D eigenvalue weighted by Crippen LogP contribution is -1.96. The van der Waals surface area contributed by atoms with Crippen LogP contribution >= 0.6 is 0 Å². The van der Waals surface area contributed by atoms with Crippen molar-refractivity contribution < 1.29 is 0 Å². The van der Waals surface area contributed by atoms with Gasteiger partial charge in [0.05, 0.1) is 0 Å². The van der Waals surface area contributed by atoms with Gasteiger partial charge in [-0.05, 0) is 29.9 Å². The SMILES string of the molecule is NCc1ccc(CCC2CC2)cc1. The minimum Gasteiger partial charge on any atom is -0.326 e. The maximum Gasteiger partial charge on any atom is 0.0178 e. The topological polar surface area (TPSA) is 26.0 Å². The number of nitrogens with two attached hydrogens (primary N) is 1. The van der Waals surface area contributed by atoms with Crippen LogP contribution < -0.4 is 5.73 Å². The molecule has 0 heterocycles. The molecule has 0 aliphatic heterocycles. The van der Waals surface area contributed by atoms with Gasteiger partial charge in [-0.15, -0.1) is 0 Å². The Labute approximate surface area is 80.0 Å². The molecule has 0 unspecified atom stereocenters. The molecule has 0 aromatic heterocycles. The van der Waals surface area contributed by atoms with Crippen molar-refractivity contribution in [3.05, 3.63) is 35.4 Å². The first-order valence-electron chi connectivity index (χ1n) is 5.16. The Balaban J connectivity index is 1.88. The standard InChI is InChI=1S/C12H17N/c13-9-12-7-5-11(6-8-12)4-3-10-1-2-10/h5-8,10H,1-4,9,13H2. The van der Waals surface area contributed by atoms with Gasteiger partial charge in [-0.2, -0.15) is 0 Å². The Bertz CT molecular complexity index is 259. The molecule has 1 heteroatoms. The van der Waals surface area contributed by atoms with Crippen molar-refractivity contribution in [2.24, 2.45) is 11.7 Å². The lowest BCUT2D eigenvalue weighted by atomic mass is 10.1. The zero-order chi connectivity index (χ0) is 9.10. The summed E-state index contributed by atoms with van der Waals surface area (Å²) in [7, 11) is 0. The van der Waals surface area contributed by atoms with Gasteiger partial charge in [-0.3, -0.25) is 0 Å². The number of hydrogen-bond acceptors (Lipinski definition) is 1. The van der Waals surface area contributed by atoms with Crippen LogP contribution in [0.15, 0.2) is 24.3 Å². The molecule has 2 rings (SSSR count). The van der Waals surface area contributed by atoms with Crippen LogP contribution in [-0.4, -0.2) is 0 Å². The first-order valence-corrected chi connectivity index (χ1v) is 5.16. The summed E-state index contributed by atoms with van der Waals surface area (Å²) in [5, 5.41) is 0. The fourth-order valence-electron chi connectivity index (χ4n) is 1.62. The highest BCUT2D eigenvalue weighted by atomic mass is 14.5. The zero-order valence-corrected chi connectivity index (χ0v) is 8.00. The van der Waals surface area contributed by atoms with E-state index in [0.717, 1.165) is 5.92 Å². The molecule has 0 amide bonds. The van der Waals surface area contributed by atoms with Crippen LogP contribution in [0.25, 0.3) is 0 Å². The fraction of sp³-hybridized carbons (Fsp3) is 0.500. The summed E-state index contributed by atoms with van der Waals surface area (Å²) >= 11 is 0. The van der Waals surface area contributed by atoms with Crippen molar-refractivity contribution in [3.8, 4) is 0 Å². The zero-order valence-electron chi connectivity index (χ0n) is 8.00. The van der Waals surface area contributed by atoms with Gasteiger partial charge in [0.2, 0.25) is 0 Å². The van der Waals surface area contributed by atoms with Gasteiger partial charge in [0.15, 0.2) is 0 Å². The van der Waals surface area contributed by atoms with Gasteiger partial charge < -0.3 is 5.73 Å². The number of aryl methyl sites for hydroxylation is 1. The summed E-state index contributed by atoms with van der Waals surface area (Å²) in [4.78, 5) is 0. The van der Waals surface area contributed by atoms with Crippen LogP contribution in [0.4, 0.5) is 0 Å². The molecule has 1 aromatic rings. The van der Waals surface area contributed by atoms with E-state index in [9.17, 15) is 0 Å². The minimum atomic E-state index is 0.656. The van der Waals surface area contributed by atoms with Crippen molar-refractivity contribution >= 4 is 0 Å². The maximum absolute atomic E-state index is 5.53. The van der Waals surface area contributed by atoms with Crippen LogP contribution in [0, 0.1) is 5.92 Å². The minimum absolute atomic E-state index is 0.656. The van der Waals surface area contributed by atoms with Crippen LogP contribution in [0.3, 0.4) is 0 Å². The second-order valence-electron chi connectivity index (χ2n) is 4.00. The van der Waals surface area contributed by atoms with Crippen molar-refractivity contribution in [1.82, 2.24) is 0 Å². The number of benzene rings is 1. The van der Waals surface area contributed by atoms with E-state index in [1.165, 1.54) is 36.8 Å². The summed E-state index contributed by atoms with van der Waals surface area (Å²) in [5.74, 6) is 1.04. The van der Waals surface area contributed by atoms with E-state index in [0.29, 0.717) is 6.54 Å². The van der Waals surface area contributed by atoms with Crippen LogP contribution in [0.2, 0.25) is 0 Å². The molecule has 2 N–H and O–H groups in total. The number of hydrogen-bond donors (Lipinski definition) is 1. The van der Waals surface area contributed by atoms with Crippen molar-refractivity contribution in [2.75, 3.05) is 0 Å². The summed E-state index contributed by atoms with van der Waals surface area (Å²) < 4.78 is 0. The summed E-state index contributed by atoms with van der Waals surface area (Å²) in [6.45, 7) is 0.656. The van der Waals surface area contributed by atoms with E-state index in [-0.39, 0.29) is 0 Å². The monoisotopic (exact) mass is 175 g/mol. The molecule has 0 bridgehead atoms. The van der Waals surface area contributed by atoms with E-state index in [4.69, 9.17) is 5.73 Å². The predicted molar refractivity (Wildman–Crippen MR) is 55.4 cm³/mol. The van der Waals surface area contributed by atoms with Gasteiger partial charge in [-0.25, -0.2) is 0 Å². The van der Waals surface area contributed by atoms with E-state index >= 15 is 0 Å². The summed E-state index contributed by atoms with van der Waals surface area (Å²) in [6.07, 6.45) is 5.54. The normalized spacial score (nSPS) is 16.1. The van der Waals surface area contributed by atoms with Crippen molar-refractivity contribution in [1.29, 1.82) is 0 Å². The molecule has 1 aromatic carbocycles. The molecular formula is C12H17N. The van der Waals surface area contributed by atoms with E-state index in [2.05, 4.69) is 24.3 Å². The molecule has 1 aliphatic carbocycles. The van der Waals surface area contributed by atoms with Crippen LogP contribution in [0.1, 0.15) is 30.4 Å². The third kappa shape index (κ3) is 2.56. The molecule has 1 aliphatic rings. The fourth-order valence-corrected chi connectivity index (χ4v) is 1.62. The summed E-state index contributed by atoms with van der Waals surface area (Å²) in [5.41, 5.74) is 8.23. The average Bonchev–Trinajstić information content (AvgIpc) is 2.99. The Morgan fingerprint density at radius 1 is 1.08 bits per heavy atom. The van der Waals surface area contributed by atoms with Crippen LogP contribution in [0.5, 0.6) is 0 Å². The second kappa shape index (κ2) is 3.93. The van der Waals surface area contributed by atoms with Crippen molar-refractivity contribution in [2.45, 2.75) is 32.2 Å². The Morgan fingerprint density at radius 2 is 1.69 bits per heavy atom. The molecule has 0 radical (unpaired) electrons. The molecule has 13 heavy (non-hydrogen) atoms.